The molecule has 9 nitrogen and oxygen atoms in total. The van der Waals surface area contributed by atoms with Gasteiger partial charge in [0.2, 0.25) is 0 Å². The summed E-state index contributed by atoms with van der Waals surface area (Å²) in [6.45, 7) is 7.64. The average Bonchev–Trinajstić information content (AvgIpc) is 3.22. The van der Waals surface area contributed by atoms with Crippen molar-refractivity contribution in [2.75, 3.05) is 43.1 Å². The van der Waals surface area contributed by atoms with Crippen LogP contribution in [0.25, 0.3) is 0 Å². The third kappa shape index (κ3) is 7.33. The SMILES string of the molecule is CN(C)CCNc1ncncc1C#Cc1cccc(NC(=O)Nc2cc(C(C)(C)C)on2)c1. The van der Waals surface area contributed by atoms with Gasteiger partial charge in [-0.1, -0.05) is 43.8 Å². The van der Waals surface area contributed by atoms with Crippen molar-refractivity contribution in [2.24, 2.45) is 0 Å². The van der Waals surface area contributed by atoms with Crippen LogP contribution in [0.5, 0.6) is 0 Å². The van der Waals surface area contributed by atoms with E-state index in [-0.39, 0.29) is 5.41 Å². The molecule has 3 N–H and O–H groups in total. The minimum absolute atomic E-state index is 0.193. The summed E-state index contributed by atoms with van der Waals surface area (Å²) >= 11 is 0. The van der Waals surface area contributed by atoms with Crippen molar-refractivity contribution in [2.45, 2.75) is 26.2 Å². The molecule has 0 saturated heterocycles. The Bertz CT molecular complexity index is 1150. The number of rotatable bonds is 6. The van der Waals surface area contributed by atoms with Crippen LogP contribution < -0.4 is 16.0 Å². The topological polar surface area (TPSA) is 108 Å². The number of nitrogens with one attached hydrogen (secondary N) is 3. The molecule has 172 valence electrons. The van der Waals surface area contributed by atoms with Gasteiger partial charge in [-0.15, -0.1) is 0 Å². The number of benzene rings is 1. The first-order valence-electron chi connectivity index (χ1n) is 10.6. The number of aromatic nitrogens is 3. The van der Waals surface area contributed by atoms with Gasteiger partial charge in [-0.3, -0.25) is 5.32 Å². The standard InChI is InChI=1S/C24H29N7O2/c1-24(2,3)20-14-21(30-33-20)29-23(32)28-19-8-6-7-17(13-19)9-10-18-15-25-16-27-22(18)26-11-12-31(4)5/h6-8,13-16H,11-12H2,1-5H3,(H,25,26,27)(H2,28,29,30,32). The van der Waals surface area contributed by atoms with Crippen LogP contribution in [0.3, 0.4) is 0 Å². The molecule has 0 fully saturated rings. The number of nitrogens with zero attached hydrogens (tertiary/aromatic N) is 4. The van der Waals surface area contributed by atoms with E-state index >= 15 is 0 Å². The fourth-order valence-corrected chi connectivity index (χ4v) is 2.74. The third-order valence-corrected chi connectivity index (χ3v) is 4.52. The van der Waals surface area contributed by atoms with E-state index in [1.54, 1.807) is 24.4 Å². The Morgan fingerprint density at radius 1 is 1.15 bits per heavy atom. The van der Waals surface area contributed by atoms with Crippen LogP contribution in [-0.4, -0.2) is 53.2 Å². The van der Waals surface area contributed by atoms with E-state index in [2.05, 4.69) is 47.8 Å². The molecule has 0 saturated carbocycles. The lowest BCUT2D eigenvalue weighted by Crippen LogP contribution is -2.21. The zero-order valence-corrected chi connectivity index (χ0v) is 19.6. The molecule has 3 rings (SSSR count). The Morgan fingerprint density at radius 3 is 2.70 bits per heavy atom. The van der Waals surface area contributed by atoms with Crippen LogP contribution in [-0.2, 0) is 5.41 Å². The number of carbonyl (C=O) groups excluding carboxylic acids is 1. The highest BCUT2D eigenvalue weighted by atomic mass is 16.5. The molecule has 0 unspecified atom stereocenters. The number of amides is 2. The van der Waals surface area contributed by atoms with E-state index in [0.29, 0.717) is 28.6 Å². The minimum Gasteiger partial charge on any atom is -0.368 e. The van der Waals surface area contributed by atoms with E-state index in [0.717, 1.165) is 18.7 Å². The predicted octanol–water partition coefficient (Wildman–Crippen LogP) is 3.78. The highest BCUT2D eigenvalue weighted by Gasteiger charge is 2.20. The first-order chi connectivity index (χ1) is 15.7. The van der Waals surface area contributed by atoms with Crippen LogP contribution in [0.2, 0.25) is 0 Å². The molecule has 2 aromatic heterocycles. The lowest BCUT2D eigenvalue weighted by molar-refractivity contribution is 0.262. The summed E-state index contributed by atoms with van der Waals surface area (Å²) in [5, 5.41) is 12.6. The Balaban J connectivity index is 1.65. The van der Waals surface area contributed by atoms with Crippen molar-refractivity contribution in [3.63, 3.8) is 0 Å². The second kappa shape index (κ2) is 10.6. The number of hydrogen-bond acceptors (Lipinski definition) is 7. The third-order valence-electron chi connectivity index (χ3n) is 4.52. The van der Waals surface area contributed by atoms with E-state index < -0.39 is 6.03 Å². The highest BCUT2D eigenvalue weighted by molar-refractivity contribution is 5.99. The monoisotopic (exact) mass is 447 g/mol. The van der Waals surface area contributed by atoms with Crippen LogP contribution in [0, 0.1) is 11.8 Å². The first-order valence-corrected chi connectivity index (χ1v) is 10.6. The van der Waals surface area contributed by atoms with E-state index in [1.807, 2.05) is 47.0 Å². The zero-order chi connectivity index (χ0) is 23.8. The Labute approximate surface area is 194 Å². The summed E-state index contributed by atoms with van der Waals surface area (Å²) in [5.41, 5.74) is 1.86. The Hall–Kier alpha value is -3.90. The highest BCUT2D eigenvalue weighted by Crippen LogP contribution is 2.24. The van der Waals surface area contributed by atoms with Gasteiger partial charge in [0.25, 0.3) is 0 Å². The van der Waals surface area contributed by atoms with Crippen molar-refractivity contribution in [1.29, 1.82) is 0 Å². The molecule has 2 amide bonds. The van der Waals surface area contributed by atoms with E-state index in [1.165, 1.54) is 6.33 Å². The normalized spacial score (nSPS) is 11.0. The number of anilines is 3. The molecule has 2 heterocycles. The number of urea groups is 1. The number of likely N-dealkylation sites (N-methyl/N-ethyl adjacent to an activating group) is 1. The molecule has 1 aromatic carbocycles. The minimum atomic E-state index is -0.419. The van der Waals surface area contributed by atoms with Crippen molar-refractivity contribution in [3.05, 3.63) is 59.7 Å². The fourth-order valence-electron chi connectivity index (χ4n) is 2.74. The molecule has 3 aromatic rings. The van der Waals surface area contributed by atoms with Gasteiger partial charge in [-0.05, 0) is 32.3 Å². The van der Waals surface area contributed by atoms with Crippen LogP contribution in [0.15, 0.2) is 47.4 Å². The van der Waals surface area contributed by atoms with Crippen molar-refractivity contribution in [3.8, 4) is 11.8 Å². The Morgan fingerprint density at radius 2 is 1.97 bits per heavy atom. The van der Waals surface area contributed by atoms with Gasteiger partial charge in [0, 0.05) is 42.0 Å². The van der Waals surface area contributed by atoms with E-state index in [9.17, 15) is 4.79 Å². The second-order valence-corrected chi connectivity index (χ2v) is 8.75. The molecule has 0 spiro atoms. The first kappa shape index (κ1) is 23.8. The van der Waals surface area contributed by atoms with Gasteiger partial charge in [0.05, 0.1) is 5.56 Å². The molecule has 0 aliphatic heterocycles. The average molecular weight is 448 g/mol. The van der Waals surface area contributed by atoms with Gasteiger partial charge in [-0.2, -0.15) is 0 Å². The van der Waals surface area contributed by atoms with E-state index in [4.69, 9.17) is 4.52 Å². The van der Waals surface area contributed by atoms with Crippen molar-refractivity contribution >= 4 is 23.4 Å². The molecule has 0 bridgehead atoms. The van der Waals surface area contributed by atoms with Gasteiger partial charge in [0.1, 0.15) is 17.9 Å². The smallest absolute Gasteiger partial charge is 0.324 e. The molecular formula is C24H29N7O2. The maximum Gasteiger partial charge on any atom is 0.324 e. The van der Waals surface area contributed by atoms with Gasteiger partial charge >= 0.3 is 6.03 Å². The van der Waals surface area contributed by atoms with Crippen molar-refractivity contribution < 1.29 is 9.32 Å². The molecule has 9 heteroatoms. The number of hydrogen-bond donors (Lipinski definition) is 3. The Kier molecular flexibility index (Phi) is 7.64. The van der Waals surface area contributed by atoms with Crippen LogP contribution in [0.1, 0.15) is 37.7 Å². The zero-order valence-electron chi connectivity index (χ0n) is 19.6. The molecule has 33 heavy (non-hydrogen) atoms. The summed E-state index contributed by atoms with van der Waals surface area (Å²) in [4.78, 5) is 22.8. The lowest BCUT2D eigenvalue weighted by atomic mass is 9.93. The van der Waals surface area contributed by atoms with Crippen LogP contribution in [0.4, 0.5) is 22.1 Å². The van der Waals surface area contributed by atoms with Crippen molar-refractivity contribution in [1.82, 2.24) is 20.0 Å². The molecular weight excluding hydrogens is 418 g/mol. The number of carbonyl (C=O) groups is 1. The summed E-state index contributed by atoms with van der Waals surface area (Å²) in [7, 11) is 4.02. The maximum atomic E-state index is 12.4. The predicted molar refractivity (Wildman–Crippen MR) is 129 cm³/mol. The fraction of sp³-hybridized carbons (Fsp3) is 0.333. The quantitative estimate of drug-likeness (QED) is 0.494. The van der Waals surface area contributed by atoms with Crippen LogP contribution >= 0.6 is 0 Å². The molecule has 0 aliphatic carbocycles. The lowest BCUT2D eigenvalue weighted by Gasteiger charge is -2.12. The molecule has 0 aliphatic rings. The van der Waals surface area contributed by atoms with Gasteiger partial charge in [-0.25, -0.2) is 14.8 Å². The molecule has 0 radical (unpaired) electrons. The summed E-state index contributed by atoms with van der Waals surface area (Å²) < 4.78 is 5.29. The second-order valence-electron chi connectivity index (χ2n) is 8.75. The summed E-state index contributed by atoms with van der Waals surface area (Å²) in [6, 6.07) is 8.57. The molecule has 0 atom stereocenters. The van der Waals surface area contributed by atoms with Gasteiger partial charge < -0.3 is 20.1 Å². The summed E-state index contributed by atoms with van der Waals surface area (Å²) in [5.74, 6) is 7.94. The summed E-state index contributed by atoms with van der Waals surface area (Å²) in [6.07, 6.45) is 3.17. The largest absolute Gasteiger partial charge is 0.368 e. The van der Waals surface area contributed by atoms with Gasteiger partial charge in [0.15, 0.2) is 5.82 Å². The maximum absolute atomic E-state index is 12.4.